The van der Waals surface area contributed by atoms with Gasteiger partial charge in [-0.2, -0.15) is 0 Å². The zero-order valence-corrected chi connectivity index (χ0v) is 12.9. The van der Waals surface area contributed by atoms with E-state index in [-0.39, 0.29) is 24.2 Å². The molecule has 0 bridgehead atoms. The number of hydrogen-bond donors (Lipinski definition) is 2. The van der Waals surface area contributed by atoms with Crippen molar-refractivity contribution in [2.24, 2.45) is 0 Å². The molecular formula is C14H22N2O4S. The molecule has 3 N–H and O–H groups in total. The molecule has 1 aliphatic rings. The summed E-state index contributed by atoms with van der Waals surface area (Å²) in [5.41, 5.74) is 6.24. The van der Waals surface area contributed by atoms with Crippen molar-refractivity contribution in [3.05, 3.63) is 24.3 Å². The molecule has 2 rings (SSSR count). The third-order valence-electron chi connectivity index (χ3n) is 3.58. The molecule has 118 valence electrons. The minimum absolute atomic E-state index is 0.0741. The quantitative estimate of drug-likeness (QED) is 0.750. The van der Waals surface area contributed by atoms with Gasteiger partial charge in [-0.05, 0) is 31.2 Å². The van der Waals surface area contributed by atoms with E-state index in [4.69, 9.17) is 10.5 Å². The lowest BCUT2D eigenvalue weighted by Crippen LogP contribution is -2.50. The Morgan fingerprint density at radius 1 is 1.43 bits per heavy atom. The average molecular weight is 314 g/mol. The van der Waals surface area contributed by atoms with Gasteiger partial charge in [-0.1, -0.05) is 0 Å². The fourth-order valence-corrected chi connectivity index (χ4v) is 4.01. The number of sulfone groups is 1. The van der Waals surface area contributed by atoms with E-state index in [0.29, 0.717) is 24.5 Å². The lowest BCUT2D eigenvalue weighted by molar-refractivity contribution is 0.0588. The molecule has 7 heteroatoms. The number of β-amino-alcohol motifs (C(OH)–C–C–N with tert-alkyl or cyclic N) is 1. The number of benzene rings is 1. The normalized spacial score (nSPS) is 23.6. The minimum Gasteiger partial charge on any atom is -0.491 e. The molecule has 2 unspecified atom stereocenters. The average Bonchev–Trinajstić information content (AvgIpc) is 2.41. The Morgan fingerprint density at radius 2 is 2.10 bits per heavy atom. The van der Waals surface area contributed by atoms with Gasteiger partial charge in [-0.15, -0.1) is 0 Å². The first-order valence-electron chi connectivity index (χ1n) is 6.96. The van der Waals surface area contributed by atoms with Gasteiger partial charge in [0, 0.05) is 24.8 Å². The fraction of sp³-hybridized carbons (Fsp3) is 0.571. The van der Waals surface area contributed by atoms with E-state index in [1.807, 2.05) is 11.8 Å². The Morgan fingerprint density at radius 3 is 2.71 bits per heavy atom. The van der Waals surface area contributed by atoms with Crippen molar-refractivity contribution in [2.45, 2.75) is 19.1 Å². The highest BCUT2D eigenvalue weighted by Crippen LogP contribution is 2.15. The van der Waals surface area contributed by atoms with E-state index < -0.39 is 15.9 Å². The molecule has 0 amide bonds. The van der Waals surface area contributed by atoms with Crippen LogP contribution in [0.1, 0.15) is 6.92 Å². The molecular weight excluding hydrogens is 292 g/mol. The van der Waals surface area contributed by atoms with Crippen molar-refractivity contribution in [3.63, 3.8) is 0 Å². The second-order valence-electron chi connectivity index (χ2n) is 5.49. The lowest BCUT2D eigenvalue weighted by atomic mass is 10.2. The summed E-state index contributed by atoms with van der Waals surface area (Å²) < 4.78 is 28.5. The molecule has 2 atom stereocenters. The van der Waals surface area contributed by atoms with Crippen LogP contribution in [0.3, 0.4) is 0 Å². The number of hydrogen-bond acceptors (Lipinski definition) is 6. The van der Waals surface area contributed by atoms with Crippen LogP contribution in [-0.2, 0) is 9.84 Å². The summed E-state index contributed by atoms with van der Waals surface area (Å²) in [4.78, 5) is 1.98. The van der Waals surface area contributed by atoms with Gasteiger partial charge >= 0.3 is 0 Å². The smallest absolute Gasteiger partial charge is 0.153 e. The van der Waals surface area contributed by atoms with Gasteiger partial charge in [0.2, 0.25) is 0 Å². The van der Waals surface area contributed by atoms with Crippen LogP contribution in [0.4, 0.5) is 5.69 Å². The summed E-state index contributed by atoms with van der Waals surface area (Å²) in [6, 6.07) is 6.89. The predicted octanol–water partition coefficient (Wildman–Crippen LogP) is 0.127. The maximum Gasteiger partial charge on any atom is 0.153 e. The van der Waals surface area contributed by atoms with Gasteiger partial charge in [0.15, 0.2) is 9.84 Å². The Balaban J connectivity index is 1.79. The van der Waals surface area contributed by atoms with Crippen molar-refractivity contribution >= 4 is 15.5 Å². The van der Waals surface area contributed by atoms with Crippen LogP contribution >= 0.6 is 0 Å². The standard InChI is InChI=1S/C14H22N2O4S/c1-11-10-21(18,19)7-6-16(11)8-13(17)9-20-14-4-2-12(15)3-5-14/h2-5,11,13,17H,6-10,15H2,1H3. The molecule has 1 aromatic rings. The zero-order valence-electron chi connectivity index (χ0n) is 12.1. The summed E-state index contributed by atoms with van der Waals surface area (Å²) in [6.07, 6.45) is -0.661. The summed E-state index contributed by atoms with van der Waals surface area (Å²) in [5.74, 6) is 0.957. The van der Waals surface area contributed by atoms with Crippen molar-refractivity contribution in [1.82, 2.24) is 4.90 Å². The zero-order chi connectivity index (χ0) is 15.5. The van der Waals surface area contributed by atoms with Gasteiger partial charge < -0.3 is 15.6 Å². The summed E-state index contributed by atoms with van der Waals surface area (Å²) in [5, 5.41) is 10.0. The second kappa shape index (κ2) is 6.64. The molecule has 1 aliphatic heterocycles. The van der Waals surface area contributed by atoms with Crippen molar-refractivity contribution in [2.75, 3.05) is 36.9 Å². The number of aliphatic hydroxyl groups excluding tert-OH is 1. The molecule has 1 heterocycles. The van der Waals surface area contributed by atoms with E-state index in [2.05, 4.69) is 0 Å². The van der Waals surface area contributed by atoms with Crippen molar-refractivity contribution in [1.29, 1.82) is 0 Å². The van der Waals surface area contributed by atoms with E-state index in [9.17, 15) is 13.5 Å². The van der Waals surface area contributed by atoms with E-state index >= 15 is 0 Å². The van der Waals surface area contributed by atoms with Crippen LogP contribution in [-0.4, -0.2) is 61.8 Å². The molecule has 0 aliphatic carbocycles. The predicted molar refractivity (Wildman–Crippen MR) is 82.0 cm³/mol. The second-order valence-corrected chi connectivity index (χ2v) is 7.72. The molecule has 0 saturated carbocycles. The van der Waals surface area contributed by atoms with Crippen molar-refractivity contribution < 1.29 is 18.3 Å². The highest BCUT2D eigenvalue weighted by atomic mass is 32.2. The molecule has 1 aromatic carbocycles. The topological polar surface area (TPSA) is 92.9 Å². The highest BCUT2D eigenvalue weighted by Gasteiger charge is 2.29. The number of anilines is 1. The van der Waals surface area contributed by atoms with Crippen LogP contribution < -0.4 is 10.5 Å². The first-order chi connectivity index (χ1) is 9.85. The number of nitrogens with two attached hydrogens (primary N) is 1. The van der Waals surface area contributed by atoms with Gasteiger partial charge in [0.1, 0.15) is 18.5 Å². The highest BCUT2D eigenvalue weighted by molar-refractivity contribution is 7.91. The molecule has 1 saturated heterocycles. The van der Waals surface area contributed by atoms with Crippen LogP contribution in [0.5, 0.6) is 5.75 Å². The third-order valence-corrected chi connectivity index (χ3v) is 5.37. The molecule has 0 spiro atoms. The third kappa shape index (κ3) is 4.87. The molecule has 1 fully saturated rings. The van der Waals surface area contributed by atoms with Crippen LogP contribution in [0.2, 0.25) is 0 Å². The first kappa shape index (κ1) is 16.1. The maximum absolute atomic E-state index is 11.5. The Bertz CT molecular complexity index is 559. The molecule has 0 aromatic heterocycles. The Kier molecular flexibility index (Phi) is 5.08. The number of aliphatic hydroxyl groups is 1. The first-order valence-corrected chi connectivity index (χ1v) is 8.79. The van der Waals surface area contributed by atoms with E-state index in [1.165, 1.54) is 0 Å². The Hall–Kier alpha value is -1.31. The summed E-state index contributed by atoms with van der Waals surface area (Å²) in [7, 11) is -2.93. The summed E-state index contributed by atoms with van der Waals surface area (Å²) >= 11 is 0. The van der Waals surface area contributed by atoms with Gasteiger partial charge in [0.25, 0.3) is 0 Å². The van der Waals surface area contributed by atoms with Crippen LogP contribution in [0, 0.1) is 0 Å². The lowest BCUT2D eigenvalue weighted by Gasteiger charge is -2.34. The maximum atomic E-state index is 11.5. The number of ether oxygens (including phenoxy) is 1. The van der Waals surface area contributed by atoms with Gasteiger partial charge in [-0.25, -0.2) is 8.42 Å². The minimum atomic E-state index is -2.93. The van der Waals surface area contributed by atoms with Crippen molar-refractivity contribution in [3.8, 4) is 5.75 Å². The van der Waals surface area contributed by atoms with E-state index in [1.54, 1.807) is 24.3 Å². The monoisotopic (exact) mass is 314 g/mol. The molecule has 21 heavy (non-hydrogen) atoms. The number of nitrogen functional groups attached to an aromatic ring is 1. The molecule has 6 nitrogen and oxygen atoms in total. The van der Waals surface area contributed by atoms with Gasteiger partial charge in [0.05, 0.1) is 11.5 Å². The number of nitrogens with zero attached hydrogens (tertiary/aromatic N) is 1. The largest absolute Gasteiger partial charge is 0.491 e. The Labute approximate surface area is 125 Å². The van der Waals surface area contributed by atoms with Crippen LogP contribution in [0.15, 0.2) is 24.3 Å². The van der Waals surface area contributed by atoms with Crippen LogP contribution in [0.25, 0.3) is 0 Å². The van der Waals surface area contributed by atoms with E-state index in [0.717, 1.165) is 0 Å². The number of rotatable bonds is 5. The van der Waals surface area contributed by atoms with Gasteiger partial charge in [-0.3, -0.25) is 4.90 Å². The fourth-order valence-electron chi connectivity index (χ4n) is 2.38. The summed E-state index contributed by atoms with van der Waals surface area (Å²) in [6.45, 7) is 2.90. The SMILES string of the molecule is CC1CS(=O)(=O)CCN1CC(O)COc1ccc(N)cc1. The molecule has 0 radical (unpaired) electrons.